The third kappa shape index (κ3) is 49.5. The van der Waals surface area contributed by atoms with Gasteiger partial charge in [-0.3, -0.25) is 16.2 Å². The molecule has 3 N–H and O–H groups in total. The van der Waals surface area contributed by atoms with Gasteiger partial charge in [0.1, 0.15) is 17.2 Å². The Morgan fingerprint density at radius 1 is 0.317 bits per heavy atom. The molecule has 0 saturated heterocycles. The first-order chi connectivity index (χ1) is 20.3. The van der Waals surface area contributed by atoms with Crippen molar-refractivity contribution in [1.29, 1.82) is 16.2 Å². The van der Waals surface area contributed by atoms with Crippen LogP contribution in [0.3, 0.4) is 0 Å². The molecule has 236 valence electrons. The van der Waals surface area contributed by atoms with Crippen LogP contribution < -0.4 is 14.2 Å². The van der Waals surface area contributed by atoms with Crippen molar-refractivity contribution in [2.75, 3.05) is 0 Å². The molecule has 0 radical (unpaired) electrons. The number of nitrogens with one attached hydrogen (secondary N) is 3. The third-order valence-electron chi connectivity index (χ3n) is 2.81. The van der Waals surface area contributed by atoms with Crippen LogP contribution in [0.2, 0.25) is 0 Å². The summed E-state index contributed by atoms with van der Waals surface area (Å²) in [5.74, 6) is 2.10. The number of rotatable bonds is 6. The molecule has 41 heavy (non-hydrogen) atoms. The van der Waals surface area contributed by atoms with Crippen molar-refractivity contribution in [2.24, 2.45) is 0 Å². The van der Waals surface area contributed by atoms with Crippen molar-refractivity contribution in [2.45, 2.75) is 96.9 Å². The second-order valence-corrected chi connectivity index (χ2v) is 4.65. The molecule has 3 aromatic rings. The van der Waals surface area contributed by atoms with Crippen molar-refractivity contribution >= 4 is 19.2 Å². The molecule has 0 bridgehead atoms. The first-order valence-corrected chi connectivity index (χ1v) is 14.9. The quantitative estimate of drug-likeness (QED) is 0.202. The van der Waals surface area contributed by atoms with E-state index in [9.17, 15) is 0 Å². The van der Waals surface area contributed by atoms with Gasteiger partial charge in [-0.1, -0.05) is 152 Å². The van der Waals surface area contributed by atoms with Gasteiger partial charge in [0.05, 0.1) is 0 Å². The van der Waals surface area contributed by atoms with Crippen LogP contribution in [-0.4, -0.2) is 19.2 Å². The average Bonchev–Trinajstić information content (AvgIpc) is 3.10. The van der Waals surface area contributed by atoms with E-state index in [1.165, 1.54) is 0 Å². The smallest absolute Gasteiger partial charge is 0.173 e. The Kier molecular flexibility index (Phi) is 84.9. The minimum Gasteiger partial charge on any atom is -0.446 e. The number of ether oxygens (including phenoxy) is 3. The highest BCUT2D eigenvalue weighted by Gasteiger charge is 1.84. The zero-order chi connectivity index (χ0) is 33.6. The van der Waals surface area contributed by atoms with E-state index in [4.69, 9.17) is 30.4 Å². The number of benzene rings is 3. The molecule has 0 aliphatic rings. The second-order valence-electron chi connectivity index (χ2n) is 4.65. The van der Waals surface area contributed by atoms with Crippen molar-refractivity contribution < 1.29 is 14.2 Å². The Morgan fingerprint density at radius 2 is 0.463 bits per heavy atom. The molecule has 0 unspecified atom stereocenters. The van der Waals surface area contributed by atoms with Crippen LogP contribution in [0.1, 0.15) is 96.9 Å². The molecule has 0 spiro atoms. The predicted molar refractivity (Wildman–Crippen MR) is 187 cm³/mol. The van der Waals surface area contributed by atoms with E-state index in [2.05, 4.69) is 0 Å². The lowest BCUT2D eigenvalue weighted by molar-refractivity contribution is 0.569. The molecule has 0 fully saturated rings. The van der Waals surface area contributed by atoms with E-state index < -0.39 is 0 Å². The van der Waals surface area contributed by atoms with Gasteiger partial charge in [0, 0.05) is 0 Å². The zero-order valence-electron chi connectivity index (χ0n) is 28.6. The molecule has 0 atom stereocenters. The summed E-state index contributed by atoms with van der Waals surface area (Å²) in [6.07, 6.45) is 2.74. The van der Waals surface area contributed by atoms with Crippen LogP contribution in [0, 0.1) is 16.2 Å². The van der Waals surface area contributed by atoms with Crippen molar-refractivity contribution in [3.05, 3.63) is 91.0 Å². The van der Waals surface area contributed by atoms with E-state index in [1.807, 2.05) is 152 Å². The SMILES string of the molecule is CC.CC.CC.CC.CC.CC.CC.N=COc1ccccc1.N=COc1ccccc1.N=COc1ccccc1. The highest BCUT2D eigenvalue weighted by Crippen LogP contribution is 2.07. The van der Waals surface area contributed by atoms with E-state index in [0.29, 0.717) is 17.2 Å². The summed E-state index contributed by atoms with van der Waals surface area (Å²) in [6.45, 7) is 28.0. The Morgan fingerprint density at radius 3 is 0.585 bits per heavy atom. The van der Waals surface area contributed by atoms with Gasteiger partial charge in [-0.2, -0.15) is 0 Å². The fraction of sp³-hybridized carbons (Fsp3) is 0.400. The second kappa shape index (κ2) is 65.3. The Hall–Kier alpha value is -3.93. The maximum Gasteiger partial charge on any atom is 0.173 e. The first-order valence-electron chi connectivity index (χ1n) is 14.9. The lowest BCUT2D eigenvalue weighted by Gasteiger charge is -1.93. The summed E-state index contributed by atoms with van der Waals surface area (Å²) in [6, 6.07) is 27.6. The average molecular weight is 574 g/mol. The monoisotopic (exact) mass is 573 g/mol. The third-order valence-corrected chi connectivity index (χ3v) is 2.81. The van der Waals surface area contributed by atoms with Crippen LogP contribution in [-0.2, 0) is 0 Å². The topological polar surface area (TPSA) is 99.2 Å². The largest absolute Gasteiger partial charge is 0.446 e. The predicted octanol–water partition coefficient (Wildman–Crippen LogP) is 12.2. The fourth-order valence-electron chi connectivity index (χ4n) is 1.70. The van der Waals surface area contributed by atoms with Crippen LogP contribution in [0.25, 0.3) is 0 Å². The van der Waals surface area contributed by atoms with Gasteiger partial charge in [-0.15, -0.1) is 0 Å². The minimum absolute atomic E-state index is 0.701. The van der Waals surface area contributed by atoms with Crippen molar-refractivity contribution in [3.63, 3.8) is 0 Å². The number of para-hydroxylation sites is 3. The molecule has 0 saturated carbocycles. The highest BCUT2D eigenvalue weighted by molar-refractivity contribution is 5.48. The lowest BCUT2D eigenvalue weighted by atomic mass is 10.3. The highest BCUT2D eigenvalue weighted by atomic mass is 16.5. The molecule has 0 heterocycles. The molecular formula is C35H63N3O3. The van der Waals surface area contributed by atoms with Gasteiger partial charge in [0.15, 0.2) is 19.2 Å². The van der Waals surface area contributed by atoms with Crippen molar-refractivity contribution in [3.8, 4) is 17.2 Å². The Labute approximate surface area is 254 Å². The summed E-state index contributed by atoms with van der Waals surface area (Å²) in [4.78, 5) is 0. The lowest BCUT2D eigenvalue weighted by Crippen LogP contribution is -1.85. The summed E-state index contributed by atoms with van der Waals surface area (Å²) in [7, 11) is 0. The van der Waals surface area contributed by atoms with Crippen LogP contribution in [0.4, 0.5) is 0 Å². The zero-order valence-corrected chi connectivity index (χ0v) is 28.6. The summed E-state index contributed by atoms with van der Waals surface area (Å²) < 4.78 is 14.2. The van der Waals surface area contributed by atoms with Crippen LogP contribution in [0.5, 0.6) is 17.2 Å². The van der Waals surface area contributed by atoms with Gasteiger partial charge in [-0.25, -0.2) is 0 Å². The number of hydrogen-bond donors (Lipinski definition) is 3. The maximum absolute atomic E-state index is 6.59. The standard InChI is InChI=1S/3C7H7NO.7C2H6/c3*8-6-9-7-4-2-1-3-5-7;7*1-2/h3*1-6,8H;7*1-2H3. The molecule has 3 rings (SSSR count). The Balaban J connectivity index is -0.0000000696. The summed E-state index contributed by atoms with van der Waals surface area (Å²) in [5, 5.41) is 19.8. The molecule has 0 aliphatic carbocycles. The van der Waals surface area contributed by atoms with Crippen molar-refractivity contribution in [1.82, 2.24) is 0 Å². The molecule has 6 heteroatoms. The van der Waals surface area contributed by atoms with Crippen LogP contribution >= 0.6 is 0 Å². The number of hydrogen-bond acceptors (Lipinski definition) is 6. The van der Waals surface area contributed by atoms with E-state index in [0.717, 1.165) is 19.2 Å². The fourth-order valence-corrected chi connectivity index (χ4v) is 1.70. The molecule has 3 aromatic carbocycles. The van der Waals surface area contributed by atoms with Gasteiger partial charge >= 0.3 is 0 Å². The molecular weight excluding hydrogens is 510 g/mol. The van der Waals surface area contributed by atoms with E-state index in [1.54, 1.807) is 36.4 Å². The summed E-state index contributed by atoms with van der Waals surface area (Å²) in [5.41, 5.74) is 0. The molecule has 6 nitrogen and oxygen atoms in total. The van der Waals surface area contributed by atoms with Gasteiger partial charge in [-0.05, 0) is 36.4 Å². The van der Waals surface area contributed by atoms with Gasteiger partial charge in [0.2, 0.25) is 0 Å². The molecule has 0 aliphatic heterocycles. The molecule has 0 aromatic heterocycles. The van der Waals surface area contributed by atoms with Crippen LogP contribution in [0.15, 0.2) is 91.0 Å². The van der Waals surface area contributed by atoms with Gasteiger partial charge in [0.25, 0.3) is 0 Å². The van der Waals surface area contributed by atoms with Gasteiger partial charge < -0.3 is 14.2 Å². The molecule has 0 amide bonds. The Bertz CT molecular complexity index is 662. The normalized spacial score (nSPS) is 6.59. The van der Waals surface area contributed by atoms with E-state index in [-0.39, 0.29) is 0 Å². The minimum atomic E-state index is 0.701. The maximum atomic E-state index is 6.59. The summed E-state index contributed by atoms with van der Waals surface area (Å²) >= 11 is 0. The van der Waals surface area contributed by atoms with E-state index >= 15 is 0 Å². The first kappa shape index (κ1) is 53.3.